The van der Waals surface area contributed by atoms with Crippen molar-refractivity contribution in [2.75, 3.05) is 26.2 Å². The van der Waals surface area contributed by atoms with Gasteiger partial charge in [-0.1, -0.05) is 5.16 Å². The van der Waals surface area contributed by atoms with Gasteiger partial charge >= 0.3 is 0 Å². The average Bonchev–Trinajstić information content (AvgIpc) is 2.89. The highest BCUT2D eigenvalue weighted by Crippen LogP contribution is 2.07. The number of hydrogen-bond acceptors (Lipinski definition) is 4. The van der Waals surface area contributed by atoms with Crippen molar-refractivity contribution < 1.29 is 4.52 Å². The zero-order valence-electron chi connectivity index (χ0n) is 10.0. The molecule has 16 heavy (non-hydrogen) atoms. The minimum absolute atomic E-state index is 0.792. The summed E-state index contributed by atoms with van der Waals surface area (Å²) in [5.41, 5.74) is 0.953. The molecule has 1 saturated heterocycles. The Morgan fingerprint density at radius 3 is 2.94 bits per heavy atom. The second kappa shape index (κ2) is 6.01. The maximum absolute atomic E-state index is 5.12. The van der Waals surface area contributed by atoms with E-state index in [0.29, 0.717) is 0 Å². The van der Waals surface area contributed by atoms with Crippen molar-refractivity contribution in [3.05, 3.63) is 17.5 Å². The van der Waals surface area contributed by atoms with Crippen LogP contribution in [-0.4, -0.2) is 36.2 Å². The molecule has 1 N–H and O–H groups in total. The molecule has 0 atom stereocenters. The Morgan fingerprint density at radius 1 is 1.44 bits per heavy atom. The number of nitrogens with one attached hydrogen (secondary N) is 1. The van der Waals surface area contributed by atoms with Gasteiger partial charge in [0.1, 0.15) is 0 Å². The van der Waals surface area contributed by atoms with Crippen LogP contribution >= 0.6 is 0 Å². The molecule has 2 heterocycles. The van der Waals surface area contributed by atoms with E-state index in [9.17, 15) is 0 Å². The first-order chi connectivity index (χ1) is 7.84. The molecule has 0 unspecified atom stereocenters. The third-order valence-electron chi connectivity index (χ3n) is 3.00. The summed E-state index contributed by atoms with van der Waals surface area (Å²) in [6, 6.07) is 1.98. The summed E-state index contributed by atoms with van der Waals surface area (Å²) in [4.78, 5) is 2.54. The normalized spacial score (nSPS) is 17.1. The van der Waals surface area contributed by atoms with E-state index in [1.807, 2.05) is 13.0 Å². The van der Waals surface area contributed by atoms with E-state index < -0.39 is 0 Å². The van der Waals surface area contributed by atoms with Crippen molar-refractivity contribution in [2.45, 2.75) is 32.7 Å². The van der Waals surface area contributed by atoms with Crippen LogP contribution in [0.5, 0.6) is 0 Å². The van der Waals surface area contributed by atoms with Gasteiger partial charge in [-0.15, -0.1) is 0 Å². The van der Waals surface area contributed by atoms with Crippen LogP contribution in [0.25, 0.3) is 0 Å². The van der Waals surface area contributed by atoms with Crippen molar-refractivity contribution in [3.8, 4) is 0 Å². The average molecular weight is 223 g/mol. The van der Waals surface area contributed by atoms with Crippen molar-refractivity contribution in [2.24, 2.45) is 0 Å². The quantitative estimate of drug-likeness (QED) is 0.743. The van der Waals surface area contributed by atoms with E-state index in [-0.39, 0.29) is 0 Å². The minimum Gasteiger partial charge on any atom is -0.360 e. The van der Waals surface area contributed by atoms with Crippen LogP contribution in [0.4, 0.5) is 0 Å². The number of aryl methyl sites for hydroxylation is 1. The number of nitrogens with zero attached hydrogens (tertiary/aromatic N) is 2. The van der Waals surface area contributed by atoms with Gasteiger partial charge < -0.3 is 14.7 Å². The molecule has 0 aliphatic carbocycles. The largest absolute Gasteiger partial charge is 0.360 e. The number of rotatable bonds is 6. The Bertz CT molecular complexity index is 305. The monoisotopic (exact) mass is 223 g/mol. The van der Waals surface area contributed by atoms with Crippen molar-refractivity contribution in [1.29, 1.82) is 0 Å². The Balaban J connectivity index is 1.51. The van der Waals surface area contributed by atoms with Gasteiger partial charge in [0.05, 0.1) is 12.2 Å². The first-order valence-corrected chi connectivity index (χ1v) is 6.20. The van der Waals surface area contributed by atoms with Crippen LogP contribution in [0.3, 0.4) is 0 Å². The second-order valence-corrected chi connectivity index (χ2v) is 4.51. The van der Waals surface area contributed by atoms with Gasteiger partial charge in [-0.25, -0.2) is 0 Å². The maximum atomic E-state index is 5.12. The third-order valence-corrected chi connectivity index (χ3v) is 3.00. The summed E-state index contributed by atoms with van der Waals surface area (Å²) in [5, 5.41) is 7.23. The van der Waals surface area contributed by atoms with Crippen LogP contribution in [0.15, 0.2) is 10.6 Å². The van der Waals surface area contributed by atoms with Crippen LogP contribution < -0.4 is 5.32 Å². The Kier molecular flexibility index (Phi) is 4.36. The van der Waals surface area contributed by atoms with E-state index in [2.05, 4.69) is 15.4 Å². The van der Waals surface area contributed by atoms with Crippen LogP contribution in [-0.2, 0) is 6.54 Å². The van der Waals surface area contributed by atoms with E-state index in [4.69, 9.17) is 4.52 Å². The standard InChI is InChI=1S/C12H21N3O/c1-11-9-12(16-14-11)10-13-5-4-8-15-6-2-3-7-15/h9,13H,2-8,10H2,1H3. The Hall–Kier alpha value is -0.870. The molecular weight excluding hydrogens is 202 g/mol. The predicted molar refractivity (Wildman–Crippen MR) is 63.2 cm³/mol. The molecule has 1 fully saturated rings. The van der Waals surface area contributed by atoms with E-state index in [1.54, 1.807) is 0 Å². The molecule has 1 aliphatic heterocycles. The highest BCUT2D eigenvalue weighted by molar-refractivity contribution is 5.02. The predicted octanol–water partition coefficient (Wildman–Crippen LogP) is 1.56. The fourth-order valence-electron chi connectivity index (χ4n) is 2.15. The summed E-state index contributed by atoms with van der Waals surface area (Å²) in [5.74, 6) is 0.929. The molecule has 1 aromatic rings. The topological polar surface area (TPSA) is 41.3 Å². The fraction of sp³-hybridized carbons (Fsp3) is 0.750. The van der Waals surface area contributed by atoms with E-state index in [1.165, 1.54) is 38.9 Å². The summed E-state index contributed by atoms with van der Waals surface area (Å²) in [6.45, 7) is 7.60. The summed E-state index contributed by atoms with van der Waals surface area (Å²) >= 11 is 0. The SMILES string of the molecule is Cc1cc(CNCCCN2CCCC2)on1. The second-order valence-electron chi connectivity index (χ2n) is 4.51. The third kappa shape index (κ3) is 3.61. The van der Waals surface area contributed by atoms with Crippen molar-refractivity contribution in [1.82, 2.24) is 15.4 Å². The number of likely N-dealkylation sites (tertiary alicyclic amines) is 1. The van der Waals surface area contributed by atoms with Gasteiger partial charge in [0.2, 0.25) is 0 Å². The number of aromatic nitrogens is 1. The van der Waals surface area contributed by atoms with E-state index in [0.717, 1.165) is 24.5 Å². The van der Waals surface area contributed by atoms with Crippen LogP contribution in [0, 0.1) is 6.92 Å². The molecule has 0 saturated carbocycles. The van der Waals surface area contributed by atoms with Gasteiger partial charge in [0, 0.05) is 6.07 Å². The van der Waals surface area contributed by atoms with Crippen molar-refractivity contribution in [3.63, 3.8) is 0 Å². The highest BCUT2D eigenvalue weighted by atomic mass is 16.5. The lowest BCUT2D eigenvalue weighted by Gasteiger charge is -2.13. The molecule has 0 bridgehead atoms. The maximum Gasteiger partial charge on any atom is 0.150 e. The fourth-order valence-corrected chi connectivity index (χ4v) is 2.15. The van der Waals surface area contributed by atoms with Gasteiger partial charge in [0.15, 0.2) is 5.76 Å². The smallest absolute Gasteiger partial charge is 0.150 e. The molecule has 4 heteroatoms. The first kappa shape index (κ1) is 11.6. The molecule has 90 valence electrons. The lowest BCUT2D eigenvalue weighted by molar-refractivity contribution is 0.327. The van der Waals surface area contributed by atoms with Gasteiger partial charge in [-0.3, -0.25) is 0 Å². The summed E-state index contributed by atoms with van der Waals surface area (Å²) in [6.07, 6.45) is 3.97. The molecule has 0 aromatic carbocycles. The van der Waals surface area contributed by atoms with Crippen molar-refractivity contribution >= 4 is 0 Å². The highest BCUT2D eigenvalue weighted by Gasteiger charge is 2.09. The molecular formula is C12H21N3O. The van der Waals surface area contributed by atoms with Crippen LogP contribution in [0.1, 0.15) is 30.7 Å². The van der Waals surface area contributed by atoms with Gasteiger partial charge in [-0.05, 0) is 52.4 Å². The molecule has 4 nitrogen and oxygen atoms in total. The lowest BCUT2D eigenvalue weighted by Crippen LogP contribution is -2.24. The van der Waals surface area contributed by atoms with Gasteiger partial charge in [-0.2, -0.15) is 0 Å². The zero-order valence-corrected chi connectivity index (χ0v) is 10.0. The molecule has 1 aliphatic rings. The minimum atomic E-state index is 0.792. The molecule has 2 rings (SSSR count). The molecule has 0 spiro atoms. The molecule has 0 radical (unpaired) electrons. The zero-order chi connectivity index (χ0) is 11.2. The summed E-state index contributed by atoms with van der Waals surface area (Å²) < 4.78 is 5.12. The van der Waals surface area contributed by atoms with Crippen LogP contribution in [0.2, 0.25) is 0 Å². The first-order valence-electron chi connectivity index (χ1n) is 6.20. The lowest BCUT2D eigenvalue weighted by atomic mass is 10.3. The Labute approximate surface area is 97.0 Å². The number of hydrogen-bond donors (Lipinski definition) is 1. The molecule has 1 aromatic heterocycles. The Morgan fingerprint density at radius 2 is 2.25 bits per heavy atom. The molecule has 0 amide bonds. The van der Waals surface area contributed by atoms with E-state index >= 15 is 0 Å². The van der Waals surface area contributed by atoms with Gasteiger partial charge in [0.25, 0.3) is 0 Å². The summed E-state index contributed by atoms with van der Waals surface area (Å²) in [7, 11) is 0.